The van der Waals surface area contributed by atoms with E-state index >= 15 is 0 Å². The molecule has 0 aliphatic rings. The van der Waals surface area contributed by atoms with Crippen LogP contribution in [-0.4, -0.2) is 4.57 Å². The topological polar surface area (TPSA) is 17.0 Å². The molecular formula is C15H20N2. The van der Waals surface area contributed by atoms with E-state index in [0.717, 1.165) is 19.6 Å². The van der Waals surface area contributed by atoms with Crippen LogP contribution in [-0.2, 0) is 19.6 Å². The first-order chi connectivity index (χ1) is 8.28. The lowest BCUT2D eigenvalue weighted by atomic mass is 10.1. The van der Waals surface area contributed by atoms with Crippen molar-refractivity contribution in [3.63, 3.8) is 0 Å². The van der Waals surface area contributed by atoms with Crippen LogP contribution in [0.4, 0.5) is 0 Å². The van der Waals surface area contributed by atoms with E-state index in [1.54, 1.807) is 0 Å². The van der Waals surface area contributed by atoms with Gasteiger partial charge in [-0.3, -0.25) is 0 Å². The van der Waals surface area contributed by atoms with Crippen molar-refractivity contribution in [3.05, 3.63) is 59.4 Å². The fourth-order valence-corrected chi connectivity index (χ4v) is 1.97. The summed E-state index contributed by atoms with van der Waals surface area (Å²) in [6.07, 6.45) is 4.33. The number of aryl methyl sites for hydroxylation is 2. The van der Waals surface area contributed by atoms with Crippen molar-refractivity contribution in [1.29, 1.82) is 0 Å². The quantitative estimate of drug-likeness (QED) is 0.832. The summed E-state index contributed by atoms with van der Waals surface area (Å²) in [5.74, 6) is 0. The molecule has 0 bridgehead atoms. The van der Waals surface area contributed by atoms with Gasteiger partial charge in [0.05, 0.1) is 0 Å². The van der Waals surface area contributed by atoms with Gasteiger partial charge in [-0.15, -0.1) is 0 Å². The third kappa shape index (κ3) is 3.46. The van der Waals surface area contributed by atoms with Crippen LogP contribution in [0, 0.1) is 6.92 Å². The van der Waals surface area contributed by atoms with Crippen LogP contribution in [0.3, 0.4) is 0 Å². The van der Waals surface area contributed by atoms with Gasteiger partial charge in [-0.1, -0.05) is 29.8 Å². The lowest BCUT2D eigenvalue weighted by Crippen LogP contribution is -2.12. The predicted octanol–water partition coefficient (Wildman–Crippen LogP) is 3.11. The summed E-state index contributed by atoms with van der Waals surface area (Å²) >= 11 is 0. The highest BCUT2D eigenvalue weighted by Gasteiger charge is 1.96. The molecular weight excluding hydrogens is 208 g/mol. The van der Waals surface area contributed by atoms with Crippen molar-refractivity contribution in [1.82, 2.24) is 9.88 Å². The second-order valence-corrected chi connectivity index (χ2v) is 4.44. The number of hydrogen-bond donors (Lipinski definition) is 1. The number of rotatable bonds is 5. The van der Waals surface area contributed by atoms with Gasteiger partial charge in [0.1, 0.15) is 0 Å². The molecule has 2 nitrogen and oxygen atoms in total. The average Bonchev–Trinajstić information content (AvgIpc) is 2.77. The second-order valence-electron chi connectivity index (χ2n) is 4.44. The standard InChI is InChI=1S/C15H20N2/c1-3-17-8-7-15(12-17)11-16-10-14-6-4-5-13(2)9-14/h4-9,12,16H,3,10-11H2,1-2H3. The molecule has 0 spiro atoms. The Balaban J connectivity index is 1.83. The van der Waals surface area contributed by atoms with Crippen LogP contribution in [0.5, 0.6) is 0 Å². The first-order valence-electron chi connectivity index (χ1n) is 6.19. The van der Waals surface area contributed by atoms with E-state index in [1.165, 1.54) is 16.7 Å². The summed E-state index contributed by atoms with van der Waals surface area (Å²) in [7, 11) is 0. The van der Waals surface area contributed by atoms with E-state index < -0.39 is 0 Å². The lowest BCUT2D eigenvalue weighted by Gasteiger charge is -2.04. The number of benzene rings is 1. The summed E-state index contributed by atoms with van der Waals surface area (Å²) in [4.78, 5) is 0. The van der Waals surface area contributed by atoms with Crippen molar-refractivity contribution >= 4 is 0 Å². The second kappa shape index (κ2) is 5.69. The van der Waals surface area contributed by atoms with Crippen molar-refractivity contribution in [2.45, 2.75) is 33.5 Å². The summed E-state index contributed by atoms with van der Waals surface area (Å²) in [6, 6.07) is 10.8. The smallest absolute Gasteiger partial charge is 0.0223 e. The number of nitrogens with zero attached hydrogens (tertiary/aromatic N) is 1. The predicted molar refractivity (Wildman–Crippen MR) is 71.8 cm³/mol. The molecule has 2 heteroatoms. The molecule has 1 N–H and O–H groups in total. The van der Waals surface area contributed by atoms with Crippen LogP contribution in [0.1, 0.15) is 23.6 Å². The zero-order valence-corrected chi connectivity index (χ0v) is 10.6. The zero-order chi connectivity index (χ0) is 12.1. The van der Waals surface area contributed by atoms with Gasteiger partial charge in [-0.25, -0.2) is 0 Å². The van der Waals surface area contributed by atoms with Crippen molar-refractivity contribution in [3.8, 4) is 0 Å². The van der Waals surface area contributed by atoms with E-state index in [4.69, 9.17) is 0 Å². The largest absolute Gasteiger partial charge is 0.354 e. The maximum atomic E-state index is 3.47. The average molecular weight is 228 g/mol. The van der Waals surface area contributed by atoms with E-state index in [0.29, 0.717) is 0 Å². The molecule has 17 heavy (non-hydrogen) atoms. The molecule has 0 radical (unpaired) electrons. The Morgan fingerprint density at radius 2 is 1.94 bits per heavy atom. The van der Waals surface area contributed by atoms with Gasteiger partial charge in [-0.2, -0.15) is 0 Å². The van der Waals surface area contributed by atoms with E-state index in [2.05, 4.69) is 66.5 Å². The zero-order valence-electron chi connectivity index (χ0n) is 10.6. The monoisotopic (exact) mass is 228 g/mol. The molecule has 0 saturated carbocycles. The highest BCUT2D eigenvalue weighted by molar-refractivity contribution is 5.22. The van der Waals surface area contributed by atoms with E-state index in [1.807, 2.05) is 0 Å². The van der Waals surface area contributed by atoms with Crippen molar-refractivity contribution < 1.29 is 0 Å². The maximum absolute atomic E-state index is 3.47. The number of aromatic nitrogens is 1. The van der Waals surface area contributed by atoms with Crippen molar-refractivity contribution in [2.75, 3.05) is 0 Å². The highest BCUT2D eigenvalue weighted by atomic mass is 14.9. The molecule has 0 fully saturated rings. The molecule has 90 valence electrons. The summed E-state index contributed by atoms with van der Waals surface area (Å²) in [6.45, 7) is 7.19. The van der Waals surface area contributed by atoms with Gasteiger partial charge in [0.25, 0.3) is 0 Å². The highest BCUT2D eigenvalue weighted by Crippen LogP contribution is 2.05. The molecule has 2 aromatic rings. The molecule has 0 aliphatic carbocycles. The molecule has 1 aromatic heterocycles. The molecule has 0 saturated heterocycles. The van der Waals surface area contributed by atoms with Crippen molar-refractivity contribution in [2.24, 2.45) is 0 Å². The molecule has 0 amide bonds. The third-order valence-electron chi connectivity index (χ3n) is 2.92. The van der Waals surface area contributed by atoms with Crippen LogP contribution >= 0.6 is 0 Å². The number of hydrogen-bond acceptors (Lipinski definition) is 1. The Hall–Kier alpha value is -1.54. The lowest BCUT2D eigenvalue weighted by molar-refractivity contribution is 0.688. The summed E-state index contributed by atoms with van der Waals surface area (Å²) in [5.41, 5.74) is 4.01. The molecule has 0 unspecified atom stereocenters. The minimum atomic E-state index is 0.930. The molecule has 2 rings (SSSR count). The Morgan fingerprint density at radius 1 is 1.12 bits per heavy atom. The van der Waals surface area contributed by atoms with Crippen LogP contribution in [0.25, 0.3) is 0 Å². The Morgan fingerprint density at radius 3 is 2.65 bits per heavy atom. The molecule has 1 heterocycles. The maximum Gasteiger partial charge on any atom is 0.0223 e. The van der Waals surface area contributed by atoms with Gasteiger partial charge in [-0.05, 0) is 31.0 Å². The Labute approximate surface area is 103 Å². The minimum Gasteiger partial charge on any atom is -0.354 e. The molecule has 1 aromatic carbocycles. The minimum absolute atomic E-state index is 0.930. The van der Waals surface area contributed by atoms with Gasteiger partial charge in [0.15, 0.2) is 0 Å². The Kier molecular flexibility index (Phi) is 3.99. The SMILES string of the molecule is CCn1ccc(CNCc2cccc(C)c2)c1. The normalized spacial score (nSPS) is 10.7. The van der Waals surface area contributed by atoms with Gasteiger partial charge in [0, 0.05) is 32.0 Å². The van der Waals surface area contributed by atoms with E-state index in [-0.39, 0.29) is 0 Å². The Bertz CT molecular complexity index is 471. The first kappa shape index (κ1) is 11.9. The first-order valence-corrected chi connectivity index (χ1v) is 6.19. The summed E-state index contributed by atoms with van der Waals surface area (Å²) < 4.78 is 2.20. The third-order valence-corrected chi connectivity index (χ3v) is 2.92. The van der Waals surface area contributed by atoms with Crippen LogP contribution in [0.2, 0.25) is 0 Å². The number of nitrogens with one attached hydrogen (secondary N) is 1. The molecule has 0 aliphatic heterocycles. The van der Waals surface area contributed by atoms with Gasteiger partial charge < -0.3 is 9.88 Å². The van der Waals surface area contributed by atoms with Gasteiger partial charge >= 0.3 is 0 Å². The van der Waals surface area contributed by atoms with Crippen LogP contribution < -0.4 is 5.32 Å². The fraction of sp³-hybridized carbons (Fsp3) is 0.333. The molecule has 0 atom stereocenters. The van der Waals surface area contributed by atoms with E-state index in [9.17, 15) is 0 Å². The van der Waals surface area contributed by atoms with Gasteiger partial charge in [0.2, 0.25) is 0 Å². The van der Waals surface area contributed by atoms with Crippen LogP contribution in [0.15, 0.2) is 42.7 Å². The fourth-order valence-electron chi connectivity index (χ4n) is 1.97. The summed E-state index contributed by atoms with van der Waals surface area (Å²) in [5, 5.41) is 3.47.